The standard InChI is InChI=1S/C18H10F4N4OS/c19-11-7-5-10(6-8-11)15-24-14(27-26-15)9-28-16-12-3-1-2-4-13(12)23-17(25-16)18(20,21)22/h1-8H,9H2. The molecule has 2 heterocycles. The van der Waals surface area contributed by atoms with Crippen molar-refractivity contribution in [2.75, 3.05) is 0 Å². The van der Waals surface area contributed by atoms with E-state index in [4.69, 9.17) is 4.52 Å². The van der Waals surface area contributed by atoms with Gasteiger partial charge in [0.1, 0.15) is 10.8 Å². The number of fused-ring (bicyclic) bond motifs is 1. The number of alkyl halides is 3. The van der Waals surface area contributed by atoms with Crippen molar-refractivity contribution in [3.05, 3.63) is 66.1 Å². The molecule has 0 aliphatic heterocycles. The van der Waals surface area contributed by atoms with Crippen molar-refractivity contribution in [3.8, 4) is 11.4 Å². The molecule has 0 aliphatic rings. The van der Waals surface area contributed by atoms with Gasteiger partial charge in [0.2, 0.25) is 17.5 Å². The molecule has 4 rings (SSSR count). The molecule has 5 nitrogen and oxygen atoms in total. The number of nitrogens with zero attached hydrogens (tertiary/aromatic N) is 4. The SMILES string of the molecule is Fc1ccc(-c2noc(CSc3nc(C(F)(F)F)nc4ccccc34)n2)cc1. The third-order valence-corrected chi connectivity index (χ3v) is 4.70. The second-order valence-corrected chi connectivity index (χ2v) is 6.64. The lowest BCUT2D eigenvalue weighted by Gasteiger charge is -2.09. The van der Waals surface area contributed by atoms with Crippen molar-refractivity contribution >= 4 is 22.7 Å². The summed E-state index contributed by atoms with van der Waals surface area (Å²) in [5.41, 5.74) is 0.762. The first-order valence-electron chi connectivity index (χ1n) is 7.95. The third-order valence-electron chi connectivity index (χ3n) is 3.72. The van der Waals surface area contributed by atoms with Gasteiger partial charge in [0, 0.05) is 10.9 Å². The minimum absolute atomic E-state index is 0.118. The zero-order valence-electron chi connectivity index (χ0n) is 13.9. The molecule has 0 radical (unpaired) electrons. The zero-order chi connectivity index (χ0) is 19.7. The Bertz CT molecular complexity index is 1130. The summed E-state index contributed by atoms with van der Waals surface area (Å²) in [5.74, 6) is -1.00. The van der Waals surface area contributed by atoms with Crippen LogP contribution < -0.4 is 0 Å². The molecular weight excluding hydrogens is 396 g/mol. The Morgan fingerprint density at radius 1 is 0.929 bits per heavy atom. The number of para-hydroxylation sites is 1. The van der Waals surface area contributed by atoms with Crippen LogP contribution in [0.3, 0.4) is 0 Å². The Kier molecular flexibility index (Phi) is 4.71. The summed E-state index contributed by atoms with van der Waals surface area (Å²) < 4.78 is 57.4. The Morgan fingerprint density at radius 3 is 2.43 bits per heavy atom. The Balaban J connectivity index is 1.60. The van der Waals surface area contributed by atoms with Crippen LogP contribution in [-0.2, 0) is 11.9 Å². The van der Waals surface area contributed by atoms with Gasteiger partial charge in [-0.05, 0) is 30.3 Å². The van der Waals surface area contributed by atoms with Gasteiger partial charge in [-0.15, -0.1) is 0 Å². The second-order valence-electron chi connectivity index (χ2n) is 5.67. The molecule has 0 aliphatic carbocycles. The van der Waals surface area contributed by atoms with Crippen molar-refractivity contribution < 1.29 is 22.1 Å². The monoisotopic (exact) mass is 406 g/mol. The summed E-state index contributed by atoms with van der Waals surface area (Å²) >= 11 is 1.04. The van der Waals surface area contributed by atoms with Gasteiger partial charge in [-0.2, -0.15) is 18.2 Å². The molecule has 0 N–H and O–H groups in total. The van der Waals surface area contributed by atoms with E-state index in [2.05, 4.69) is 20.1 Å². The minimum atomic E-state index is -4.65. The molecule has 10 heteroatoms. The molecule has 0 fully saturated rings. The quantitative estimate of drug-likeness (QED) is 0.266. The van der Waals surface area contributed by atoms with Crippen LogP contribution in [0.4, 0.5) is 17.6 Å². The molecule has 0 saturated carbocycles. The van der Waals surface area contributed by atoms with Crippen molar-refractivity contribution in [1.29, 1.82) is 0 Å². The Labute approximate surface area is 159 Å². The van der Waals surface area contributed by atoms with Crippen LogP contribution in [0.25, 0.3) is 22.3 Å². The number of rotatable bonds is 4. The van der Waals surface area contributed by atoms with Gasteiger partial charge in [-0.3, -0.25) is 0 Å². The molecule has 0 saturated heterocycles. The third kappa shape index (κ3) is 3.81. The highest BCUT2D eigenvalue weighted by Crippen LogP contribution is 2.33. The first kappa shape index (κ1) is 18.4. The van der Waals surface area contributed by atoms with Crippen LogP contribution in [0.1, 0.15) is 11.7 Å². The number of aromatic nitrogens is 4. The lowest BCUT2D eigenvalue weighted by Crippen LogP contribution is -2.11. The topological polar surface area (TPSA) is 64.7 Å². The number of hydrogen-bond acceptors (Lipinski definition) is 6. The fourth-order valence-electron chi connectivity index (χ4n) is 2.44. The predicted molar refractivity (Wildman–Crippen MR) is 93.8 cm³/mol. The van der Waals surface area contributed by atoms with Crippen LogP contribution >= 0.6 is 11.8 Å². The fourth-order valence-corrected chi connectivity index (χ4v) is 3.30. The molecule has 0 atom stereocenters. The maximum atomic E-state index is 13.1. The highest BCUT2D eigenvalue weighted by Gasteiger charge is 2.35. The molecule has 0 unspecified atom stereocenters. The lowest BCUT2D eigenvalue weighted by atomic mass is 10.2. The molecule has 0 spiro atoms. The molecule has 28 heavy (non-hydrogen) atoms. The molecule has 0 amide bonds. The summed E-state index contributed by atoms with van der Waals surface area (Å²) in [6, 6.07) is 12.0. The molecule has 4 aromatic rings. The van der Waals surface area contributed by atoms with Gasteiger partial charge in [-0.1, -0.05) is 35.1 Å². The van der Waals surface area contributed by atoms with E-state index >= 15 is 0 Å². The van der Waals surface area contributed by atoms with Crippen LogP contribution in [0.15, 0.2) is 58.1 Å². The van der Waals surface area contributed by atoms with Crippen LogP contribution in [0, 0.1) is 5.82 Å². The average Bonchev–Trinajstić information content (AvgIpc) is 3.15. The van der Waals surface area contributed by atoms with E-state index in [1.165, 1.54) is 30.3 Å². The van der Waals surface area contributed by atoms with Crippen LogP contribution in [-0.4, -0.2) is 20.1 Å². The molecule has 142 valence electrons. The summed E-state index contributed by atoms with van der Waals surface area (Å²) in [5, 5.41) is 4.48. The summed E-state index contributed by atoms with van der Waals surface area (Å²) in [6.45, 7) is 0. The van der Waals surface area contributed by atoms with Crippen LogP contribution in [0.5, 0.6) is 0 Å². The molecular formula is C18H10F4N4OS. The lowest BCUT2D eigenvalue weighted by molar-refractivity contribution is -0.145. The summed E-state index contributed by atoms with van der Waals surface area (Å²) in [7, 11) is 0. The van der Waals surface area contributed by atoms with E-state index in [1.54, 1.807) is 18.2 Å². The first-order valence-corrected chi connectivity index (χ1v) is 8.94. The summed E-state index contributed by atoms with van der Waals surface area (Å²) in [4.78, 5) is 11.4. The van der Waals surface area contributed by atoms with E-state index in [-0.39, 0.29) is 33.8 Å². The molecule has 0 bridgehead atoms. The van der Waals surface area contributed by atoms with Gasteiger partial charge >= 0.3 is 6.18 Å². The summed E-state index contributed by atoms with van der Waals surface area (Å²) in [6.07, 6.45) is -4.65. The van der Waals surface area contributed by atoms with E-state index in [0.29, 0.717) is 10.9 Å². The van der Waals surface area contributed by atoms with Gasteiger partial charge < -0.3 is 4.52 Å². The maximum Gasteiger partial charge on any atom is 0.451 e. The zero-order valence-corrected chi connectivity index (χ0v) is 14.8. The van der Waals surface area contributed by atoms with E-state index in [0.717, 1.165) is 11.8 Å². The van der Waals surface area contributed by atoms with Crippen molar-refractivity contribution in [3.63, 3.8) is 0 Å². The average molecular weight is 406 g/mol. The van der Waals surface area contributed by atoms with E-state index in [1.807, 2.05) is 0 Å². The van der Waals surface area contributed by atoms with Gasteiger partial charge in [0.05, 0.1) is 11.3 Å². The normalized spacial score (nSPS) is 11.9. The maximum absolute atomic E-state index is 13.1. The Morgan fingerprint density at radius 2 is 1.68 bits per heavy atom. The second kappa shape index (κ2) is 7.19. The minimum Gasteiger partial charge on any atom is -0.338 e. The van der Waals surface area contributed by atoms with Crippen LogP contribution in [0.2, 0.25) is 0 Å². The smallest absolute Gasteiger partial charge is 0.338 e. The van der Waals surface area contributed by atoms with Crippen molar-refractivity contribution in [2.24, 2.45) is 0 Å². The first-order chi connectivity index (χ1) is 13.4. The van der Waals surface area contributed by atoms with Gasteiger partial charge in [0.25, 0.3) is 0 Å². The van der Waals surface area contributed by atoms with Gasteiger partial charge in [-0.25, -0.2) is 14.4 Å². The number of halogens is 4. The largest absolute Gasteiger partial charge is 0.451 e. The Hall–Kier alpha value is -3.01. The predicted octanol–water partition coefficient (Wildman–Crippen LogP) is 5.13. The molecule has 2 aromatic carbocycles. The van der Waals surface area contributed by atoms with Crippen molar-refractivity contribution in [2.45, 2.75) is 17.0 Å². The molecule has 2 aromatic heterocycles. The van der Waals surface area contributed by atoms with E-state index < -0.39 is 12.0 Å². The highest BCUT2D eigenvalue weighted by atomic mass is 32.2. The number of hydrogen-bond donors (Lipinski definition) is 0. The van der Waals surface area contributed by atoms with E-state index in [9.17, 15) is 17.6 Å². The fraction of sp³-hybridized carbons (Fsp3) is 0.111. The number of benzene rings is 2. The van der Waals surface area contributed by atoms with Crippen molar-refractivity contribution in [1.82, 2.24) is 20.1 Å². The van der Waals surface area contributed by atoms with Gasteiger partial charge in [0.15, 0.2) is 0 Å². The number of thioether (sulfide) groups is 1. The highest BCUT2D eigenvalue weighted by molar-refractivity contribution is 7.98.